The molecule has 3 aromatic rings. The van der Waals surface area contributed by atoms with Gasteiger partial charge in [0.2, 0.25) is 5.91 Å². The van der Waals surface area contributed by atoms with Crippen LogP contribution in [0.2, 0.25) is 0 Å². The minimum absolute atomic E-state index is 0.0656. The SMILES string of the molecule is CCCC1CCC(C2CC=C(c3cnc(-c4ccc(C[C@H](CNC(=O)c5ccc(C(C)=O)cc5)C(=O)N5CC(C(=O)N=O)C5)cc4)nc3)CC2)CC1. The molecule has 0 spiro atoms. The van der Waals surface area contributed by atoms with Gasteiger partial charge in [-0.1, -0.05) is 75.1 Å². The summed E-state index contributed by atoms with van der Waals surface area (Å²) in [5.74, 6) is 0.619. The summed E-state index contributed by atoms with van der Waals surface area (Å²) in [7, 11) is 0. The van der Waals surface area contributed by atoms with E-state index in [2.05, 4.69) is 23.5 Å². The molecule has 52 heavy (non-hydrogen) atoms. The van der Waals surface area contributed by atoms with Crippen LogP contribution < -0.4 is 5.32 Å². The second kappa shape index (κ2) is 17.1. The lowest BCUT2D eigenvalue weighted by molar-refractivity contribution is -0.145. The number of allylic oxidation sites excluding steroid dienone is 2. The summed E-state index contributed by atoms with van der Waals surface area (Å²) < 4.78 is 0. The Morgan fingerprint density at radius 1 is 0.865 bits per heavy atom. The first-order chi connectivity index (χ1) is 25.2. The summed E-state index contributed by atoms with van der Waals surface area (Å²) in [6, 6.07) is 14.1. The van der Waals surface area contributed by atoms with Crippen molar-refractivity contribution in [1.29, 1.82) is 0 Å². The normalized spacial score (nSPS) is 21.0. The fourth-order valence-electron chi connectivity index (χ4n) is 8.19. The van der Waals surface area contributed by atoms with E-state index in [1.165, 1.54) is 62.3 Å². The molecule has 0 bridgehead atoms. The Morgan fingerprint density at radius 3 is 2.13 bits per heavy atom. The molecular formula is C42H49N5O5. The highest BCUT2D eigenvalue weighted by Crippen LogP contribution is 2.42. The first-order valence-corrected chi connectivity index (χ1v) is 18.9. The van der Waals surface area contributed by atoms with E-state index in [1.807, 2.05) is 36.7 Å². The highest BCUT2D eigenvalue weighted by Gasteiger charge is 2.39. The molecule has 6 rings (SSSR count). The van der Waals surface area contributed by atoms with Gasteiger partial charge in [0.05, 0.1) is 11.8 Å². The van der Waals surface area contributed by atoms with Crippen molar-refractivity contribution >= 4 is 29.1 Å². The van der Waals surface area contributed by atoms with Crippen molar-refractivity contribution in [2.75, 3.05) is 19.6 Å². The topological polar surface area (TPSA) is 139 Å². The van der Waals surface area contributed by atoms with E-state index >= 15 is 0 Å². The first-order valence-electron chi connectivity index (χ1n) is 18.9. The molecular weight excluding hydrogens is 654 g/mol. The molecule has 2 fully saturated rings. The average molecular weight is 704 g/mol. The molecule has 2 aliphatic carbocycles. The second-order valence-electron chi connectivity index (χ2n) is 14.9. The summed E-state index contributed by atoms with van der Waals surface area (Å²) in [5, 5.41) is 5.36. The van der Waals surface area contributed by atoms with Gasteiger partial charge in [-0.2, -0.15) is 0 Å². The van der Waals surface area contributed by atoms with Crippen LogP contribution in [-0.4, -0.2) is 58.0 Å². The van der Waals surface area contributed by atoms with E-state index in [0.717, 1.165) is 47.3 Å². The molecule has 10 heteroatoms. The van der Waals surface area contributed by atoms with E-state index in [-0.39, 0.29) is 37.2 Å². The van der Waals surface area contributed by atoms with Crippen LogP contribution in [0.3, 0.4) is 0 Å². The van der Waals surface area contributed by atoms with Crippen LogP contribution in [0.5, 0.6) is 0 Å². The lowest BCUT2D eigenvalue weighted by Gasteiger charge is -2.39. The molecule has 2 atom stereocenters. The third kappa shape index (κ3) is 8.95. The number of benzene rings is 2. The molecule has 1 unspecified atom stereocenters. The van der Waals surface area contributed by atoms with E-state index < -0.39 is 17.7 Å². The first kappa shape index (κ1) is 36.9. The Bertz CT molecular complexity index is 1770. The van der Waals surface area contributed by atoms with Crippen molar-refractivity contribution in [3.05, 3.63) is 94.2 Å². The zero-order valence-electron chi connectivity index (χ0n) is 30.3. The van der Waals surface area contributed by atoms with Crippen molar-refractivity contribution in [3.8, 4) is 11.4 Å². The van der Waals surface area contributed by atoms with Gasteiger partial charge in [-0.15, -0.1) is 4.91 Å². The Hall–Kier alpha value is -4.86. The maximum atomic E-state index is 13.5. The highest BCUT2D eigenvalue weighted by atomic mass is 16.3. The molecule has 1 aromatic heterocycles. The number of nitrogens with zero attached hydrogens (tertiary/aromatic N) is 4. The molecule has 1 aliphatic heterocycles. The molecule has 0 radical (unpaired) electrons. The number of ketones is 1. The quantitative estimate of drug-likeness (QED) is 0.144. The van der Waals surface area contributed by atoms with Crippen LogP contribution >= 0.6 is 0 Å². The second-order valence-corrected chi connectivity index (χ2v) is 14.9. The predicted octanol–water partition coefficient (Wildman–Crippen LogP) is 7.48. The van der Waals surface area contributed by atoms with Gasteiger partial charge in [-0.3, -0.25) is 19.2 Å². The molecule has 1 N–H and O–H groups in total. The summed E-state index contributed by atoms with van der Waals surface area (Å²) in [5.41, 5.74) is 5.06. The van der Waals surface area contributed by atoms with Gasteiger partial charge in [0.15, 0.2) is 11.6 Å². The van der Waals surface area contributed by atoms with Crippen LogP contribution in [-0.2, 0) is 16.0 Å². The van der Waals surface area contributed by atoms with Gasteiger partial charge >= 0.3 is 0 Å². The van der Waals surface area contributed by atoms with Crippen LogP contribution in [0.4, 0.5) is 0 Å². The maximum absolute atomic E-state index is 13.5. The van der Waals surface area contributed by atoms with Crippen molar-refractivity contribution in [2.24, 2.45) is 34.8 Å². The largest absolute Gasteiger partial charge is 0.351 e. The van der Waals surface area contributed by atoms with E-state index in [0.29, 0.717) is 23.4 Å². The molecule has 2 aromatic carbocycles. The molecule has 1 saturated heterocycles. The fraction of sp³-hybridized carbons (Fsp3) is 0.476. The number of amides is 3. The number of nitroso groups, excluding NO2 is 1. The predicted molar refractivity (Wildman–Crippen MR) is 200 cm³/mol. The fourth-order valence-corrected chi connectivity index (χ4v) is 8.19. The zero-order chi connectivity index (χ0) is 36.6. The lowest BCUT2D eigenvalue weighted by atomic mass is 9.70. The lowest BCUT2D eigenvalue weighted by Crippen LogP contribution is -2.55. The van der Waals surface area contributed by atoms with Crippen molar-refractivity contribution < 1.29 is 19.2 Å². The highest BCUT2D eigenvalue weighted by molar-refractivity contribution is 5.98. The van der Waals surface area contributed by atoms with Crippen molar-refractivity contribution in [1.82, 2.24) is 20.2 Å². The maximum Gasteiger partial charge on any atom is 0.292 e. The van der Waals surface area contributed by atoms with Crippen molar-refractivity contribution in [3.63, 3.8) is 0 Å². The number of nitrogens with one attached hydrogen (secondary N) is 1. The number of likely N-dealkylation sites (tertiary alicyclic amines) is 1. The van der Waals surface area contributed by atoms with Gasteiger partial charge in [-0.05, 0) is 86.5 Å². The molecule has 3 aliphatic rings. The van der Waals surface area contributed by atoms with E-state index in [4.69, 9.17) is 9.97 Å². The van der Waals surface area contributed by atoms with Gasteiger partial charge in [-0.25, -0.2) is 9.97 Å². The number of aromatic nitrogens is 2. The number of hydrogen-bond acceptors (Lipinski definition) is 7. The number of hydrogen-bond donors (Lipinski definition) is 1. The zero-order valence-corrected chi connectivity index (χ0v) is 30.3. The monoisotopic (exact) mass is 703 g/mol. The molecule has 272 valence electrons. The minimum Gasteiger partial charge on any atom is -0.351 e. The minimum atomic E-state index is -0.757. The molecule has 1 saturated carbocycles. The number of rotatable bonds is 13. The smallest absolute Gasteiger partial charge is 0.292 e. The molecule has 3 amide bonds. The van der Waals surface area contributed by atoms with Gasteiger partial charge in [0, 0.05) is 59.5 Å². The van der Waals surface area contributed by atoms with Crippen LogP contribution in [0.1, 0.15) is 103 Å². The van der Waals surface area contributed by atoms with E-state index in [1.54, 1.807) is 24.3 Å². The number of carbonyl (C=O) groups is 4. The number of Topliss-reactive ketones (excluding diaryl/α,β-unsaturated/α-hetero) is 1. The summed E-state index contributed by atoms with van der Waals surface area (Å²) in [6.07, 6.45) is 18.4. The summed E-state index contributed by atoms with van der Waals surface area (Å²) >= 11 is 0. The van der Waals surface area contributed by atoms with Crippen LogP contribution in [0.25, 0.3) is 17.0 Å². The average Bonchev–Trinajstić information content (AvgIpc) is 3.16. The Labute approximate surface area is 305 Å². The summed E-state index contributed by atoms with van der Waals surface area (Å²) in [4.78, 5) is 71.4. The van der Waals surface area contributed by atoms with Gasteiger partial charge in [0.1, 0.15) is 0 Å². The van der Waals surface area contributed by atoms with Gasteiger partial charge in [0.25, 0.3) is 11.8 Å². The summed E-state index contributed by atoms with van der Waals surface area (Å²) in [6.45, 7) is 4.09. The Balaban J connectivity index is 1.06. The third-order valence-electron chi connectivity index (χ3n) is 11.5. The van der Waals surface area contributed by atoms with Crippen molar-refractivity contribution in [2.45, 2.75) is 78.1 Å². The standard InChI is InChI=1S/C42H49N5O5/c1-3-4-28-5-9-31(10-6-28)32-15-17-33(18-16-32)37-23-43-39(44-24-37)34-11-7-29(8-12-34)21-36(42(51)47-25-38(26-47)41(50)46-52)22-45-40(49)35-19-13-30(14-20-35)27(2)48/h7-8,11-14,17,19-20,23-24,28,31-32,36,38H,3-6,9-10,15-16,18,21-22,25-26H2,1-2H3,(H,45,49)/t28?,31?,32?,36-/m1/s1. The van der Waals surface area contributed by atoms with Crippen LogP contribution in [0.15, 0.2) is 72.2 Å². The molecule has 10 nitrogen and oxygen atoms in total. The Morgan fingerprint density at radius 2 is 1.54 bits per heavy atom. The molecule has 2 heterocycles. The van der Waals surface area contributed by atoms with Crippen LogP contribution in [0, 0.1) is 34.5 Å². The Kier molecular flexibility index (Phi) is 12.1. The number of carbonyl (C=O) groups excluding carboxylic acids is 4. The third-order valence-corrected chi connectivity index (χ3v) is 11.5. The van der Waals surface area contributed by atoms with Gasteiger partial charge < -0.3 is 10.2 Å². The van der Waals surface area contributed by atoms with E-state index in [9.17, 15) is 24.1 Å².